The first-order valence-electron chi connectivity index (χ1n) is 6.89. The van der Waals surface area contributed by atoms with Gasteiger partial charge in [-0.3, -0.25) is 9.78 Å². The molecule has 0 saturated heterocycles. The molecular weight excluding hydrogens is 323 g/mol. The standard InChI is InChI=1S/C16H16Cl2N2O2/c17-13-4-1-5-14(16(13)18)22-10-7-15(21)20-9-6-12-3-2-8-19-11-12/h1-5,8,11H,6-7,9-10H2,(H,20,21). The van der Waals surface area contributed by atoms with Crippen molar-refractivity contribution in [3.05, 3.63) is 58.3 Å². The lowest BCUT2D eigenvalue weighted by atomic mass is 10.2. The van der Waals surface area contributed by atoms with Gasteiger partial charge in [0, 0.05) is 18.9 Å². The molecule has 0 spiro atoms. The van der Waals surface area contributed by atoms with Gasteiger partial charge in [-0.1, -0.05) is 35.3 Å². The molecule has 0 unspecified atom stereocenters. The Morgan fingerprint density at radius 2 is 2.09 bits per heavy atom. The van der Waals surface area contributed by atoms with Crippen LogP contribution in [0.2, 0.25) is 10.0 Å². The van der Waals surface area contributed by atoms with Crippen LogP contribution in [0.4, 0.5) is 0 Å². The minimum absolute atomic E-state index is 0.0676. The number of amides is 1. The number of hydrogen-bond acceptors (Lipinski definition) is 3. The zero-order chi connectivity index (χ0) is 15.8. The number of carbonyl (C=O) groups excluding carboxylic acids is 1. The quantitative estimate of drug-likeness (QED) is 0.840. The van der Waals surface area contributed by atoms with E-state index in [-0.39, 0.29) is 18.9 Å². The molecule has 4 nitrogen and oxygen atoms in total. The van der Waals surface area contributed by atoms with Crippen LogP contribution in [-0.2, 0) is 11.2 Å². The minimum Gasteiger partial charge on any atom is -0.491 e. The monoisotopic (exact) mass is 338 g/mol. The zero-order valence-electron chi connectivity index (χ0n) is 11.9. The van der Waals surface area contributed by atoms with Gasteiger partial charge in [-0.15, -0.1) is 0 Å². The topological polar surface area (TPSA) is 51.2 Å². The van der Waals surface area contributed by atoms with E-state index in [1.54, 1.807) is 30.6 Å². The van der Waals surface area contributed by atoms with Gasteiger partial charge in [0.25, 0.3) is 0 Å². The minimum atomic E-state index is -0.0676. The molecule has 116 valence electrons. The van der Waals surface area contributed by atoms with E-state index in [1.165, 1.54) is 0 Å². The summed E-state index contributed by atoms with van der Waals surface area (Å²) in [5, 5.41) is 3.63. The fraction of sp³-hybridized carbons (Fsp3) is 0.250. The van der Waals surface area contributed by atoms with E-state index in [9.17, 15) is 4.79 Å². The lowest BCUT2D eigenvalue weighted by molar-refractivity contribution is -0.121. The van der Waals surface area contributed by atoms with Crippen LogP contribution in [0.3, 0.4) is 0 Å². The lowest BCUT2D eigenvalue weighted by Crippen LogP contribution is -2.27. The number of nitrogens with one attached hydrogen (secondary N) is 1. The molecule has 0 radical (unpaired) electrons. The number of hydrogen-bond donors (Lipinski definition) is 1. The van der Waals surface area contributed by atoms with E-state index in [0.717, 1.165) is 12.0 Å². The van der Waals surface area contributed by atoms with Gasteiger partial charge in [-0.05, 0) is 30.2 Å². The second kappa shape index (κ2) is 8.61. The molecule has 0 bridgehead atoms. The summed E-state index contributed by atoms with van der Waals surface area (Å²) in [6.07, 6.45) is 4.52. The molecule has 22 heavy (non-hydrogen) atoms. The van der Waals surface area contributed by atoms with E-state index in [1.807, 2.05) is 12.1 Å². The maximum atomic E-state index is 11.7. The predicted octanol–water partition coefficient (Wildman–Crippen LogP) is 3.52. The summed E-state index contributed by atoms with van der Waals surface area (Å²) in [6, 6.07) is 9.00. The fourth-order valence-electron chi connectivity index (χ4n) is 1.83. The number of aromatic nitrogens is 1. The highest BCUT2D eigenvalue weighted by Gasteiger charge is 2.07. The molecule has 0 aliphatic rings. The molecule has 1 aromatic carbocycles. The van der Waals surface area contributed by atoms with Crippen molar-refractivity contribution in [2.45, 2.75) is 12.8 Å². The van der Waals surface area contributed by atoms with E-state index < -0.39 is 0 Å². The first-order valence-corrected chi connectivity index (χ1v) is 7.65. The van der Waals surface area contributed by atoms with Crippen molar-refractivity contribution >= 4 is 29.1 Å². The van der Waals surface area contributed by atoms with E-state index >= 15 is 0 Å². The van der Waals surface area contributed by atoms with Crippen molar-refractivity contribution in [3.63, 3.8) is 0 Å². The average Bonchev–Trinajstić information content (AvgIpc) is 2.52. The Labute approximate surface area is 139 Å². The maximum Gasteiger partial charge on any atom is 0.223 e. The van der Waals surface area contributed by atoms with Crippen molar-refractivity contribution < 1.29 is 9.53 Å². The molecule has 1 amide bonds. The summed E-state index contributed by atoms with van der Waals surface area (Å²) in [6.45, 7) is 0.821. The highest BCUT2D eigenvalue weighted by molar-refractivity contribution is 6.42. The third-order valence-corrected chi connectivity index (χ3v) is 3.76. The maximum absolute atomic E-state index is 11.7. The molecule has 1 N–H and O–H groups in total. The molecule has 0 fully saturated rings. The van der Waals surface area contributed by atoms with Gasteiger partial charge in [-0.25, -0.2) is 0 Å². The number of benzene rings is 1. The summed E-state index contributed by atoms with van der Waals surface area (Å²) in [5.41, 5.74) is 1.09. The normalized spacial score (nSPS) is 10.3. The Morgan fingerprint density at radius 1 is 1.23 bits per heavy atom. The summed E-state index contributed by atoms with van der Waals surface area (Å²) >= 11 is 11.9. The zero-order valence-corrected chi connectivity index (χ0v) is 13.4. The van der Waals surface area contributed by atoms with E-state index in [0.29, 0.717) is 22.3 Å². The molecule has 2 rings (SSSR count). The predicted molar refractivity (Wildman–Crippen MR) is 87.5 cm³/mol. The Kier molecular flexibility index (Phi) is 6.49. The first kappa shape index (κ1) is 16.6. The fourth-order valence-corrected chi connectivity index (χ4v) is 2.18. The number of halogens is 2. The van der Waals surface area contributed by atoms with Crippen LogP contribution in [0, 0.1) is 0 Å². The SMILES string of the molecule is O=C(CCOc1cccc(Cl)c1Cl)NCCc1cccnc1. The number of ether oxygens (including phenoxy) is 1. The van der Waals surface area contributed by atoms with Gasteiger partial charge in [0.15, 0.2) is 0 Å². The van der Waals surface area contributed by atoms with Gasteiger partial charge >= 0.3 is 0 Å². The van der Waals surface area contributed by atoms with Crippen LogP contribution in [0.1, 0.15) is 12.0 Å². The molecule has 2 aromatic rings. The largest absolute Gasteiger partial charge is 0.491 e. The van der Waals surface area contributed by atoms with Gasteiger partial charge < -0.3 is 10.1 Å². The van der Waals surface area contributed by atoms with Crippen molar-refractivity contribution in [2.75, 3.05) is 13.2 Å². The highest BCUT2D eigenvalue weighted by Crippen LogP contribution is 2.31. The molecule has 0 saturated carbocycles. The summed E-state index contributed by atoms with van der Waals surface area (Å²) in [4.78, 5) is 15.7. The molecule has 0 aliphatic carbocycles. The Balaban J connectivity index is 1.66. The van der Waals surface area contributed by atoms with Crippen molar-refractivity contribution in [3.8, 4) is 5.75 Å². The van der Waals surface area contributed by atoms with Gasteiger partial charge in [0.1, 0.15) is 10.8 Å². The summed E-state index contributed by atoms with van der Waals surface area (Å²) < 4.78 is 5.47. The van der Waals surface area contributed by atoms with Gasteiger partial charge in [0.05, 0.1) is 18.1 Å². The van der Waals surface area contributed by atoms with Crippen LogP contribution >= 0.6 is 23.2 Å². The van der Waals surface area contributed by atoms with Crippen LogP contribution in [0.25, 0.3) is 0 Å². The van der Waals surface area contributed by atoms with Crippen LogP contribution in [0.15, 0.2) is 42.7 Å². The number of pyridine rings is 1. The van der Waals surface area contributed by atoms with Crippen LogP contribution in [0.5, 0.6) is 5.75 Å². The number of carbonyl (C=O) groups is 1. The third kappa shape index (κ3) is 5.20. The van der Waals surface area contributed by atoms with Crippen LogP contribution in [-0.4, -0.2) is 24.0 Å². The van der Waals surface area contributed by atoms with Crippen molar-refractivity contribution in [2.24, 2.45) is 0 Å². The number of nitrogens with zero attached hydrogens (tertiary/aromatic N) is 1. The average molecular weight is 339 g/mol. The first-order chi connectivity index (χ1) is 10.7. The summed E-state index contributed by atoms with van der Waals surface area (Å²) in [5.74, 6) is 0.416. The summed E-state index contributed by atoms with van der Waals surface area (Å²) in [7, 11) is 0. The molecule has 1 aromatic heterocycles. The van der Waals surface area contributed by atoms with Crippen molar-refractivity contribution in [1.82, 2.24) is 10.3 Å². The van der Waals surface area contributed by atoms with Crippen molar-refractivity contribution in [1.29, 1.82) is 0 Å². The Bertz CT molecular complexity index is 621. The number of rotatable bonds is 7. The second-order valence-corrected chi connectivity index (χ2v) is 5.40. The smallest absolute Gasteiger partial charge is 0.223 e. The molecule has 6 heteroatoms. The molecule has 0 aliphatic heterocycles. The second-order valence-electron chi connectivity index (χ2n) is 4.61. The van der Waals surface area contributed by atoms with Gasteiger partial charge in [0.2, 0.25) is 5.91 Å². The van der Waals surface area contributed by atoms with Crippen LogP contribution < -0.4 is 10.1 Å². The van der Waals surface area contributed by atoms with Gasteiger partial charge in [-0.2, -0.15) is 0 Å². The Hall–Kier alpha value is -1.78. The Morgan fingerprint density at radius 3 is 2.86 bits per heavy atom. The highest BCUT2D eigenvalue weighted by atomic mass is 35.5. The van der Waals surface area contributed by atoms with E-state index in [2.05, 4.69) is 10.3 Å². The lowest BCUT2D eigenvalue weighted by Gasteiger charge is -2.09. The molecule has 0 atom stereocenters. The van der Waals surface area contributed by atoms with E-state index in [4.69, 9.17) is 27.9 Å². The third-order valence-electron chi connectivity index (χ3n) is 2.96. The molecular formula is C16H16Cl2N2O2. The molecule has 1 heterocycles.